The van der Waals surface area contributed by atoms with E-state index in [0.717, 1.165) is 12.0 Å². The van der Waals surface area contributed by atoms with Crippen LogP contribution in [0, 0.1) is 10.2 Å². The summed E-state index contributed by atoms with van der Waals surface area (Å²) in [6.07, 6.45) is 3.17. The molecule has 34 heavy (non-hydrogen) atoms. The van der Waals surface area contributed by atoms with Crippen molar-refractivity contribution >= 4 is 0 Å². The molecule has 0 fully saturated rings. The van der Waals surface area contributed by atoms with Crippen LogP contribution in [0.5, 0.6) is 5.75 Å². The third-order valence-electron chi connectivity index (χ3n) is 6.90. The normalized spacial score (nSPS) is 19.4. The van der Waals surface area contributed by atoms with E-state index < -0.39 is 10.2 Å². The molecule has 0 radical (unpaired) electrons. The van der Waals surface area contributed by atoms with E-state index >= 15 is 0 Å². The lowest BCUT2D eigenvalue weighted by atomic mass is 9.53. The highest BCUT2D eigenvalue weighted by atomic mass is 35.7. The quantitative estimate of drug-likeness (QED) is 0.420. The van der Waals surface area contributed by atoms with Gasteiger partial charge in [0.15, 0.2) is 17.9 Å². The summed E-state index contributed by atoms with van der Waals surface area (Å²) in [4.78, 5) is 0. The lowest BCUT2D eigenvalue weighted by Crippen LogP contribution is -2.68. The highest BCUT2D eigenvalue weighted by Crippen LogP contribution is 2.60. The summed E-state index contributed by atoms with van der Waals surface area (Å²) < 4.78 is 36.4. The van der Waals surface area contributed by atoms with Gasteiger partial charge < -0.3 is 5.11 Å². The van der Waals surface area contributed by atoms with Crippen molar-refractivity contribution in [2.24, 2.45) is 0 Å². The fraction of sp³-hybridized carbons (Fsp3) is 0.148. The average Bonchev–Trinajstić information content (AvgIpc) is 2.84. The van der Waals surface area contributed by atoms with Crippen molar-refractivity contribution in [1.29, 1.82) is 0 Å². The number of halogens is 1. The molecule has 2 aliphatic heterocycles. The van der Waals surface area contributed by atoms with Gasteiger partial charge in [-0.3, -0.25) is 0 Å². The molecule has 1 N–H and O–H groups in total. The second-order valence-corrected chi connectivity index (χ2v) is 9.30. The topological polar surface area (TPSA) is 116 Å². The summed E-state index contributed by atoms with van der Waals surface area (Å²) in [5.41, 5.74) is 6.00. The molecular formula is C27H22ClNO5. The van der Waals surface area contributed by atoms with Gasteiger partial charge in [-0.1, -0.05) is 78.9 Å². The maximum absolute atomic E-state index is 11.0. The number of phenolic OH excluding ortho intramolecular Hbond substituents is 1. The van der Waals surface area contributed by atoms with Crippen LogP contribution in [0.15, 0.2) is 103 Å². The molecule has 0 amide bonds. The first-order valence-corrected chi connectivity index (χ1v) is 12.1. The number of aromatic hydroxyl groups is 1. The van der Waals surface area contributed by atoms with Crippen LogP contribution in [-0.4, -0.2) is 5.11 Å². The third kappa shape index (κ3) is 3.76. The molecule has 1 aromatic heterocycles. The molecule has 4 aromatic rings. The highest BCUT2D eigenvalue weighted by Gasteiger charge is 2.60. The molecule has 3 heterocycles. The smallest absolute Gasteiger partial charge is 0.190 e. The van der Waals surface area contributed by atoms with Gasteiger partial charge in [0.1, 0.15) is 5.75 Å². The lowest BCUT2D eigenvalue weighted by Gasteiger charge is -2.50. The van der Waals surface area contributed by atoms with E-state index in [2.05, 4.69) is 95.7 Å². The minimum absolute atomic E-state index is 0.0506. The summed E-state index contributed by atoms with van der Waals surface area (Å²) in [6.45, 7) is 0. The second kappa shape index (κ2) is 8.51. The van der Waals surface area contributed by atoms with E-state index in [1.807, 2.05) is 12.1 Å². The fourth-order valence-corrected chi connectivity index (χ4v) is 5.81. The third-order valence-corrected chi connectivity index (χ3v) is 6.90. The summed E-state index contributed by atoms with van der Waals surface area (Å²) in [7, 11) is -4.94. The molecule has 6 nitrogen and oxygen atoms in total. The number of hydrogen-bond donors (Lipinski definition) is 1. The number of nitrogens with zero attached hydrogens (tertiary/aromatic N) is 1. The molecule has 3 aliphatic rings. The van der Waals surface area contributed by atoms with Crippen LogP contribution in [0.4, 0.5) is 0 Å². The van der Waals surface area contributed by atoms with Gasteiger partial charge in [0, 0.05) is 35.1 Å². The van der Waals surface area contributed by atoms with Crippen molar-refractivity contribution in [1.82, 2.24) is 0 Å². The Bertz CT molecular complexity index is 1260. The van der Waals surface area contributed by atoms with Crippen molar-refractivity contribution in [2.75, 3.05) is 0 Å². The molecule has 7 rings (SSSR count). The van der Waals surface area contributed by atoms with E-state index in [0.29, 0.717) is 5.75 Å². The van der Waals surface area contributed by atoms with E-state index in [1.54, 1.807) is 0 Å². The summed E-state index contributed by atoms with van der Waals surface area (Å²) in [6, 6.07) is 34.4. The zero-order valence-electron chi connectivity index (χ0n) is 18.1. The number of phenols is 1. The van der Waals surface area contributed by atoms with Crippen molar-refractivity contribution in [2.45, 2.75) is 23.8 Å². The van der Waals surface area contributed by atoms with Crippen LogP contribution in [-0.2, 0) is 5.41 Å². The molecule has 7 heteroatoms. The number of benzene rings is 3. The average molecular weight is 476 g/mol. The monoisotopic (exact) mass is 475 g/mol. The Labute approximate surface area is 199 Å². The maximum atomic E-state index is 11.0. The van der Waals surface area contributed by atoms with E-state index in [1.165, 1.54) is 22.4 Å². The number of fused-ring (bicyclic) bond motifs is 1. The van der Waals surface area contributed by atoms with E-state index in [-0.39, 0.29) is 17.4 Å². The Hall–Kier alpha value is -3.26. The van der Waals surface area contributed by atoms with Crippen LogP contribution >= 0.6 is 0 Å². The number of pyridine rings is 1. The van der Waals surface area contributed by atoms with Crippen LogP contribution < -0.4 is 23.2 Å². The van der Waals surface area contributed by atoms with Crippen molar-refractivity contribution in [3.8, 4) is 5.75 Å². The minimum atomic E-state index is -4.94. The molecule has 0 saturated carbocycles. The van der Waals surface area contributed by atoms with Gasteiger partial charge in [-0.05, 0) is 17.2 Å². The largest absolute Gasteiger partial charge is 0.508 e. The van der Waals surface area contributed by atoms with Crippen LogP contribution in [0.25, 0.3) is 0 Å². The Morgan fingerprint density at radius 1 is 0.735 bits per heavy atom. The van der Waals surface area contributed by atoms with Gasteiger partial charge >= 0.3 is 0 Å². The first kappa shape index (κ1) is 22.5. The maximum Gasteiger partial charge on any atom is 0.190 e. The van der Waals surface area contributed by atoms with Crippen molar-refractivity contribution < 1.29 is 38.6 Å². The Kier molecular flexibility index (Phi) is 5.64. The number of aromatic nitrogens is 1. The fourth-order valence-electron chi connectivity index (χ4n) is 5.81. The molecule has 0 saturated heterocycles. The van der Waals surface area contributed by atoms with Crippen LogP contribution in [0.2, 0.25) is 0 Å². The van der Waals surface area contributed by atoms with Gasteiger partial charge in [0.2, 0.25) is 0 Å². The molecule has 0 spiro atoms. The van der Waals surface area contributed by atoms with Crippen molar-refractivity contribution in [3.05, 3.63) is 131 Å². The van der Waals surface area contributed by atoms with Gasteiger partial charge in [0.05, 0.1) is 5.92 Å². The van der Waals surface area contributed by atoms with Crippen molar-refractivity contribution in [3.63, 3.8) is 0 Å². The number of rotatable bonds is 2. The molecular weight excluding hydrogens is 454 g/mol. The highest BCUT2D eigenvalue weighted by molar-refractivity contribution is 5.58. The minimum Gasteiger partial charge on any atom is -0.508 e. The Morgan fingerprint density at radius 2 is 1.29 bits per heavy atom. The zero-order chi connectivity index (χ0) is 23.9. The summed E-state index contributed by atoms with van der Waals surface area (Å²) >= 11 is 0. The molecule has 3 aromatic carbocycles. The van der Waals surface area contributed by atoms with Crippen LogP contribution in [0.1, 0.15) is 46.3 Å². The van der Waals surface area contributed by atoms with Gasteiger partial charge in [-0.15, -0.1) is 10.2 Å². The molecule has 172 valence electrons. The summed E-state index contributed by atoms with van der Waals surface area (Å²) in [5, 5.41) is 11.0. The Morgan fingerprint density at radius 3 is 1.88 bits per heavy atom. The predicted molar refractivity (Wildman–Crippen MR) is 113 cm³/mol. The zero-order valence-corrected chi connectivity index (χ0v) is 18.8. The number of hydrogen-bond acceptors (Lipinski definition) is 5. The van der Waals surface area contributed by atoms with Gasteiger partial charge in [0.25, 0.3) is 0 Å². The van der Waals surface area contributed by atoms with Crippen LogP contribution in [0.3, 0.4) is 0 Å². The SMILES string of the molecule is Oc1cccc2c1C1c3cccc[n+]3C2CC1(c1ccccc1)c1ccccc1.[O-][Cl+3]([O-])([O-])[O-]. The summed E-state index contributed by atoms with van der Waals surface area (Å²) in [5.74, 6) is 0.457. The van der Waals surface area contributed by atoms with Gasteiger partial charge in [-0.2, -0.15) is 4.57 Å². The molecule has 2 atom stereocenters. The molecule has 1 aliphatic carbocycles. The molecule has 2 bridgehead atoms. The lowest BCUT2D eigenvalue weighted by molar-refractivity contribution is -2.00. The molecule has 2 unspecified atom stereocenters. The first-order valence-electron chi connectivity index (χ1n) is 10.9. The second-order valence-electron chi connectivity index (χ2n) is 8.55. The first-order chi connectivity index (χ1) is 16.3. The Balaban J connectivity index is 0.000000439. The predicted octanol–water partition coefficient (Wildman–Crippen LogP) is 0.348. The van der Waals surface area contributed by atoms with E-state index in [4.69, 9.17) is 18.6 Å². The standard InChI is InChI=1S/C27H21NO.ClHO4/c29-24-16-9-14-21-23-18-27(19-10-3-1-4-11-19,20-12-5-2-6-13-20)26(25(21)24)22-15-7-8-17-28(22)23;2-1(3,4)5/h1-17,23,26H,18H2;(H,2,3,4,5). The van der Waals surface area contributed by atoms with Gasteiger partial charge in [-0.25, -0.2) is 18.6 Å². The van der Waals surface area contributed by atoms with E-state index in [9.17, 15) is 5.11 Å².